The molecule has 2 heterocycles. The van der Waals surface area contributed by atoms with Crippen LogP contribution in [0.1, 0.15) is 19.8 Å². The Morgan fingerprint density at radius 3 is 2.31 bits per heavy atom. The zero-order chi connectivity index (χ0) is 22.9. The lowest BCUT2D eigenvalue weighted by atomic mass is 10.2. The molecular formula is C21H24Cl2N4O3S2. The Kier molecular flexibility index (Phi) is 6.74. The fourth-order valence-electron chi connectivity index (χ4n) is 3.95. The minimum atomic E-state index is -3.90. The normalized spacial score (nSPS) is 17.2. The molecule has 0 saturated carbocycles. The summed E-state index contributed by atoms with van der Waals surface area (Å²) in [6.07, 6.45) is 3.10. The van der Waals surface area contributed by atoms with Gasteiger partial charge in [0.05, 0.1) is 35.9 Å². The van der Waals surface area contributed by atoms with Crippen LogP contribution in [-0.2, 0) is 19.8 Å². The number of hydrogen-bond acceptors (Lipinski definition) is 5. The Morgan fingerprint density at radius 1 is 1.00 bits per heavy atom. The van der Waals surface area contributed by atoms with E-state index in [0.717, 1.165) is 25.9 Å². The Balaban J connectivity index is 1.66. The standard InChI is InChI=1S/C21H24Cl2N4O3S2/c1-2-26-31(28,15-9-11-24-12-10-15)14-3-5-16(6-4-14)32(29,30)27-19-8-7-17(22)20-18(23)13-25-21(19)20/h3-8,13,15,24-25,27H,2,9-12H2,1H3. The third kappa shape index (κ3) is 4.36. The molecular weight excluding hydrogens is 491 g/mol. The van der Waals surface area contributed by atoms with Crippen molar-refractivity contribution < 1.29 is 12.6 Å². The molecule has 172 valence electrons. The van der Waals surface area contributed by atoms with Gasteiger partial charge >= 0.3 is 0 Å². The number of hydrogen-bond donors (Lipinski definition) is 3. The van der Waals surface area contributed by atoms with Gasteiger partial charge in [-0.3, -0.25) is 4.72 Å². The van der Waals surface area contributed by atoms with Gasteiger partial charge in [0.2, 0.25) is 0 Å². The van der Waals surface area contributed by atoms with Crippen LogP contribution < -0.4 is 10.0 Å². The van der Waals surface area contributed by atoms with Crippen LogP contribution in [-0.4, -0.2) is 42.5 Å². The smallest absolute Gasteiger partial charge is 0.261 e. The van der Waals surface area contributed by atoms with Gasteiger partial charge in [-0.25, -0.2) is 17.0 Å². The van der Waals surface area contributed by atoms with Gasteiger partial charge in [0, 0.05) is 28.3 Å². The highest BCUT2D eigenvalue weighted by molar-refractivity contribution is 7.94. The SMILES string of the molecule is CCN=S(=O)(c1ccc(S(=O)(=O)Nc2ccc(Cl)c3c(Cl)c[nH]c23)cc1)C1CCNCC1. The number of piperidine rings is 1. The summed E-state index contributed by atoms with van der Waals surface area (Å²) in [4.78, 5) is 3.58. The van der Waals surface area contributed by atoms with Gasteiger partial charge in [0.1, 0.15) is 0 Å². The van der Waals surface area contributed by atoms with Crippen LogP contribution in [0, 0.1) is 0 Å². The van der Waals surface area contributed by atoms with Crippen LogP contribution in [0.4, 0.5) is 5.69 Å². The maximum atomic E-state index is 13.8. The number of aromatic amines is 1. The van der Waals surface area contributed by atoms with Gasteiger partial charge in [-0.2, -0.15) is 0 Å². The molecule has 0 spiro atoms. The molecule has 1 aliphatic heterocycles. The summed E-state index contributed by atoms with van der Waals surface area (Å²) < 4.78 is 46.9. The summed E-state index contributed by atoms with van der Waals surface area (Å²) in [6.45, 7) is 3.91. The van der Waals surface area contributed by atoms with Crippen molar-refractivity contribution in [3.8, 4) is 0 Å². The van der Waals surface area contributed by atoms with E-state index in [1.165, 1.54) is 12.1 Å². The van der Waals surface area contributed by atoms with Crippen LogP contribution in [0.2, 0.25) is 10.0 Å². The minimum absolute atomic E-state index is 0.0516. The molecule has 1 fully saturated rings. The summed E-state index contributed by atoms with van der Waals surface area (Å²) in [7, 11) is -6.53. The highest BCUT2D eigenvalue weighted by atomic mass is 35.5. The number of H-pyrrole nitrogens is 1. The van der Waals surface area contributed by atoms with Crippen molar-refractivity contribution >= 4 is 59.5 Å². The van der Waals surface area contributed by atoms with Gasteiger partial charge in [-0.1, -0.05) is 23.2 Å². The predicted molar refractivity (Wildman–Crippen MR) is 131 cm³/mol. The van der Waals surface area contributed by atoms with Crippen molar-refractivity contribution in [2.75, 3.05) is 24.4 Å². The van der Waals surface area contributed by atoms with Crippen molar-refractivity contribution in [1.29, 1.82) is 0 Å². The van der Waals surface area contributed by atoms with E-state index in [-0.39, 0.29) is 10.1 Å². The molecule has 2 aromatic carbocycles. The van der Waals surface area contributed by atoms with Crippen LogP contribution >= 0.6 is 23.2 Å². The van der Waals surface area contributed by atoms with Crippen molar-refractivity contribution in [3.63, 3.8) is 0 Å². The number of aromatic nitrogens is 1. The molecule has 0 radical (unpaired) electrons. The van der Waals surface area contributed by atoms with Crippen molar-refractivity contribution in [2.24, 2.45) is 4.36 Å². The minimum Gasteiger partial charge on any atom is -0.358 e. The van der Waals surface area contributed by atoms with Gasteiger partial charge < -0.3 is 10.3 Å². The molecule has 4 rings (SSSR count). The Morgan fingerprint density at radius 2 is 1.66 bits per heavy atom. The summed E-state index contributed by atoms with van der Waals surface area (Å²) in [5.74, 6) is 0. The monoisotopic (exact) mass is 514 g/mol. The van der Waals surface area contributed by atoms with E-state index in [1.54, 1.807) is 30.5 Å². The highest BCUT2D eigenvalue weighted by Gasteiger charge is 2.27. The average Bonchev–Trinajstić information content (AvgIpc) is 3.19. The molecule has 1 aromatic heterocycles. The first-order valence-corrected chi connectivity index (χ1v) is 14.1. The van der Waals surface area contributed by atoms with E-state index < -0.39 is 19.8 Å². The fraction of sp³-hybridized carbons (Fsp3) is 0.333. The van der Waals surface area contributed by atoms with Crippen molar-refractivity contribution in [2.45, 2.75) is 34.8 Å². The summed E-state index contributed by atoms with van der Waals surface area (Å²) in [5.41, 5.74) is 0.832. The summed E-state index contributed by atoms with van der Waals surface area (Å²) >= 11 is 12.3. The molecule has 11 heteroatoms. The molecule has 1 atom stereocenters. The van der Waals surface area contributed by atoms with E-state index in [9.17, 15) is 12.6 Å². The second-order valence-corrected chi connectivity index (χ2v) is 12.6. The van der Waals surface area contributed by atoms with E-state index in [0.29, 0.717) is 38.1 Å². The molecule has 32 heavy (non-hydrogen) atoms. The number of anilines is 1. The average molecular weight is 515 g/mol. The first kappa shape index (κ1) is 23.4. The lowest BCUT2D eigenvalue weighted by Crippen LogP contribution is -2.35. The molecule has 3 aromatic rings. The quantitative estimate of drug-likeness (QED) is 0.436. The number of benzene rings is 2. The molecule has 0 bridgehead atoms. The maximum Gasteiger partial charge on any atom is 0.261 e. The van der Waals surface area contributed by atoms with Crippen LogP contribution in [0.5, 0.6) is 0 Å². The van der Waals surface area contributed by atoms with Gasteiger partial charge in [0.25, 0.3) is 10.0 Å². The highest BCUT2D eigenvalue weighted by Crippen LogP contribution is 2.35. The molecule has 1 saturated heterocycles. The van der Waals surface area contributed by atoms with E-state index in [2.05, 4.69) is 19.4 Å². The largest absolute Gasteiger partial charge is 0.358 e. The van der Waals surface area contributed by atoms with Crippen molar-refractivity contribution in [1.82, 2.24) is 10.3 Å². The zero-order valence-corrected chi connectivity index (χ0v) is 20.5. The number of sulfonamides is 1. The third-order valence-corrected chi connectivity index (χ3v) is 10.5. The van der Waals surface area contributed by atoms with Crippen LogP contribution in [0.15, 0.2) is 56.7 Å². The zero-order valence-electron chi connectivity index (χ0n) is 17.4. The number of halogens is 2. The first-order valence-electron chi connectivity index (χ1n) is 10.3. The number of nitrogens with zero attached hydrogens (tertiary/aromatic N) is 1. The molecule has 1 aliphatic rings. The topological polar surface area (TPSA) is 103 Å². The third-order valence-electron chi connectivity index (χ3n) is 5.51. The maximum absolute atomic E-state index is 13.8. The lowest BCUT2D eigenvalue weighted by Gasteiger charge is -2.26. The second-order valence-electron chi connectivity index (χ2n) is 7.52. The van der Waals surface area contributed by atoms with Gasteiger partial charge in [-0.05, 0) is 69.3 Å². The van der Waals surface area contributed by atoms with Crippen LogP contribution in [0.25, 0.3) is 10.9 Å². The Labute approximate surface area is 198 Å². The number of fused-ring (bicyclic) bond motifs is 1. The van der Waals surface area contributed by atoms with E-state index in [1.807, 2.05) is 6.92 Å². The molecule has 7 nitrogen and oxygen atoms in total. The Bertz CT molecular complexity index is 1360. The van der Waals surface area contributed by atoms with Gasteiger partial charge in [0.15, 0.2) is 0 Å². The molecule has 0 amide bonds. The Hall–Kier alpha value is -1.78. The number of nitrogens with one attached hydrogen (secondary N) is 3. The molecule has 0 aliphatic carbocycles. The summed E-state index contributed by atoms with van der Waals surface area (Å²) in [6, 6.07) is 9.33. The lowest BCUT2D eigenvalue weighted by molar-refractivity contribution is 0.516. The predicted octanol–water partition coefficient (Wildman–Crippen LogP) is 4.87. The van der Waals surface area contributed by atoms with E-state index in [4.69, 9.17) is 23.2 Å². The second kappa shape index (κ2) is 9.23. The molecule has 3 N–H and O–H groups in total. The molecule has 1 unspecified atom stereocenters. The van der Waals surface area contributed by atoms with Crippen molar-refractivity contribution in [3.05, 3.63) is 52.6 Å². The summed E-state index contributed by atoms with van der Waals surface area (Å²) in [5, 5.41) is 4.60. The van der Waals surface area contributed by atoms with E-state index >= 15 is 0 Å². The number of rotatable bonds is 6. The van der Waals surface area contributed by atoms with Crippen LogP contribution in [0.3, 0.4) is 0 Å². The fourth-order valence-corrected chi connectivity index (χ4v) is 8.11. The van der Waals surface area contributed by atoms with Gasteiger partial charge in [-0.15, -0.1) is 0 Å². The first-order chi connectivity index (χ1) is 15.3.